The SMILES string of the molecule is CC(N)C(=O)Nc1ccc(CCN2CCOCC2)cc1.Cl. The van der Waals surface area contributed by atoms with Crippen LogP contribution in [0.5, 0.6) is 0 Å². The Morgan fingerprint density at radius 3 is 2.52 bits per heavy atom. The van der Waals surface area contributed by atoms with Gasteiger partial charge in [-0.05, 0) is 31.0 Å². The number of rotatable bonds is 5. The zero-order valence-corrected chi connectivity index (χ0v) is 13.2. The zero-order chi connectivity index (χ0) is 14.4. The number of nitrogens with two attached hydrogens (primary N) is 1. The molecule has 0 saturated carbocycles. The first-order chi connectivity index (χ1) is 9.65. The second-order valence-corrected chi connectivity index (χ2v) is 5.18. The van der Waals surface area contributed by atoms with Crippen LogP contribution in [0, 0.1) is 0 Å². The van der Waals surface area contributed by atoms with Crippen LogP contribution in [0.3, 0.4) is 0 Å². The maximum absolute atomic E-state index is 11.5. The summed E-state index contributed by atoms with van der Waals surface area (Å²) in [6.07, 6.45) is 1.02. The van der Waals surface area contributed by atoms with Gasteiger partial charge in [-0.25, -0.2) is 0 Å². The van der Waals surface area contributed by atoms with Crippen LogP contribution in [0.15, 0.2) is 24.3 Å². The predicted molar refractivity (Wildman–Crippen MR) is 86.9 cm³/mol. The summed E-state index contributed by atoms with van der Waals surface area (Å²) in [4.78, 5) is 13.9. The third-order valence-corrected chi connectivity index (χ3v) is 3.46. The van der Waals surface area contributed by atoms with Gasteiger partial charge in [0.25, 0.3) is 0 Å². The number of ether oxygens (including phenoxy) is 1. The fraction of sp³-hybridized carbons (Fsp3) is 0.533. The molecule has 0 aliphatic carbocycles. The molecule has 1 amide bonds. The van der Waals surface area contributed by atoms with Crippen molar-refractivity contribution < 1.29 is 9.53 Å². The number of benzene rings is 1. The van der Waals surface area contributed by atoms with Gasteiger partial charge in [-0.3, -0.25) is 9.69 Å². The van der Waals surface area contributed by atoms with Crippen LogP contribution in [-0.4, -0.2) is 49.7 Å². The molecule has 1 aromatic rings. The van der Waals surface area contributed by atoms with Crippen LogP contribution in [0.4, 0.5) is 5.69 Å². The summed E-state index contributed by atoms with van der Waals surface area (Å²) in [5.41, 5.74) is 7.58. The Hall–Kier alpha value is -1.14. The van der Waals surface area contributed by atoms with Crippen molar-refractivity contribution in [3.8, 4) is 0 Å². The third-order valence-electron chi connectivity index (χ3n) is 3.46. The molecular weight excluding hydrogens is 290 g/mol. The number of anilines is 1. The highest BCUT2D eigenvalue weighted by Crippen LogP contribution is 2.11. The molecule has 0 spiro atoms. The Kier molecular flexibility index (Phi) is 7.67. The summed E-state index contributed by atoms with van der Waals surface area (Å²) >= 11 is 0. The van der Waals surface area contributed by atoms with Crippen molar-refractivity contribution in [1.82, 2.24) is 4.90 Å². The van der Waals surface area contributed by atoms with Crippen LogP contribution < -0.4 is 11.1 Å². The number of hydrogen-bond acceptors (Lipinski definition) is 4. The van der Waals surface area contributed by atoms with E-state index in [0.29, 0.717) is 0 Å². The van der Waals surface area contributed by atoms with Crippen LogP contribution in [0.25, 0.3) is 0 Å². The van der Waals surface area contributed by atoms with Crippen LogP contribution in [0.2, 0.25) is 0 Å². The van der Waals surface area contributed by atoms with Gasteiger partial charge in [0.15, 0.2) is 0 Å². The molecule has 118 valence electrons. The zero-order valence-electron chi connectivity index (χ0n) is 12.4. The Balaban J connectivity index is 0.00000220. The van der Waals surface area contributed by atoms with E-state index >= 15 is 0 Å². The summed E-state index contributed by atoms with van der Waals surface area (Å²) in [5, 5.41) is 2.78. The Morgan fingerprint density at radius 2 is 1.95 bits per heavy atom. The molecule has 1 aliphatic heterocycles. The van der Waals surface area contributed by atoms with Gasteiger partial charge in [0.1, 0.15) is 0 Å². The lowest BCUT2D eigenvalue weighted by Gasteiger charge is -2.26. The molecule has 2 rings (SSSR count). The minimum absolute atomic E-state index is 0. The van der Waals surface area contributed by atoms with E-state index in [1.807, 2.05) is 12.1 Å². The van der Waals surface area contributed by atoms with Gasteiger partial charge in [0.05, 0.1) is 19.3 Å². The molecule has 1 saturated heterocycles. The first-order valence-electron chi connectivity index (χ1n) is 7.10. The molecule has 0 radical (unpaired) electrons. The van der Waals surface area contributed by atoms with Gasteiger partial charge in [-0.1, -0.05) is 12.1 Å². The summed E-state index contributed by atoms with van der Waals surface area (Å²) in [7, 11) is 0. The molecule has 6 heteroatoms. The number of nitrogens with zero attached hydrogens (tertiary/aromatic N) is 1. The fourth-order valence-corrected chi connectivity index (χ4v) is 2.12. The van der Waals surface area contributed by atoms with Crippen molar-refractivity contribution in [2.45, 2.75) is 19.4 Å². The third kappa shape index (κ3) is 6.01. The summed E-state index contributed by atoms with van der Waals surface area (Å²) < 4.78 is 5.33. The largest absolute Gasteiger partial charge is 0.379 e. The second kappa shape index (κ2) is 9.00. The van der Waals surface area contributed by atoms with Gasteiger partial charge >= 0.3 is 0 Å². The van der Waals surface area contributed by atoms with E-state index < -0.39 is 6.04 Å². The van der Waals surface area contributed by atoms with Crippen LogP contribution in [-0.2, 0) is 16.0 Å². The lowest BCUT2D eigenvalue weighted by Crippen LogP contribution is -2.37. The molecule has 21 heavy (non-hydrogen) atoms. The monoisotopic (exact) mass is 313 g/mol. The Labute approximate surface area is 132 Å². The molecule has 1 fully saturated rings. The Bertz CT molecular complexity index is 431. The number of carbonyl (C=O) groups is 1. The van der Waals surface area contributed by atoms with Crippen molar-refractivity contribution in [2.24, 2.45) is 5.73 Å². The van der Waals surface area contributed by atoms with E-state index in [-0.39, 0.29) is 18.3 Å². The predicted octanol–water partition coefficient (Wildman–Crippen LogP) is 1.27. The minimum Gasteiger partial charge on any atom is -0.379 e. The maximum Gasteiger partial charge on any atom is 0.240 e. The van der Waals surface area contributed by atoms with E-state index in [1.165, 1.54) is 5.56 Å². The van der Waals surface area contributed by atoms with Crippen LogP contribution in [0.1, 0.15) is 12.5 Å². The molecule has 1 unspecified atom stereocenters. The molecule has 0 bridgehead atoms. The molecule has 0 aromatic heterocycles. The van der Waals surface area contributed by atoms with E-state index in [9.17, 15) is 4.79 Å². The average Bonchev–Trinajstić information content (AvgIpc) is 2.47. The number of morpholine rings is 1. The van der Waals surface area contributed by atoms with Gasteiger partial charge in [-0.2, -0.15) is 0 Å². The highest BCUT2D eigenvalue weighted by molar-refractivity contribution is 5.94. The molecule has 1 aromatic carbocycles. The van der Waals surface area contributed by atoms with Crippen molar-refractivity contribution in [3.63, 3.8) is 0 Å². The fourth-order valence-electron chi connectivity index (χ4n) is 2.12. The molecule has 1 aliphatic rings. The number of carbonyl (C=O) groups excluding carboxylic acids is 1. The minimum atomic E-state index is -0.490. The number of halogens is 1. The van der Waals surface area contributed by atoms with Crippen LogP contribution >= 0.6 is 12.4 Å². The lowest BCUT2D eigenvalue weighted by molar-refractivity contribution is -0.117. The topological polar surface area (TPSA) is 67.6 Å². The number of hydrogen-bond donors (Lipinski definition) is 2. The standard InChI is InChI=1S/C15H23N3O2.ClH/c1-12(16)15(19)17-14-4-2-13(3-5-14)6-7-18-8-10-20-11-9-18;/h2-5,12H,6-11,16H2,1H3,(H,17,19);1H. The smallest absolute Gasteiger partial charge is 0.240 e. The quantitative estimate of drug-likeness (QED) is 0.859. The van der Waals surface area contributed by atoms with E-state index in [0.717, 1.165) is 45.0 Å². The summed E-state index contributed by atoms with van der Waals surface area (Å²) in [6, 6.07) is 7.47. The Morgan fingerprint density at radius 1 is 1.33 bits per heavy atom. The average molecular weight is 314 g/mol. The van der Waals surface area contributed by atoms with Crippen molar-refractivity contribution in [2.75, 3.05) is 38.2 Å². The first-order valence-corrected chi connectivity index (χ1v) is 7.10. The molecule has 1 atom stereocenters. The summed E-state index contributed by atoms with van der Waals surface area (Å²) in [5.74, 6) is -0.161. The van der Waals surface area contributed by atoms with E-state index in [1.54, 1.807) is 6.92 Å². The van der Waals surface area contributed by atoms with Gasteiger partial charge < -0.3 is 15.8 Å². The number of amides is 1. The maximum atomic E-state index is 11.5. The lowest BCUT2D eigenvalue weighted by atomic mass is 10.1. The molecule has 3 N–H and O–H groups in total. The molecular formula is C15H24ClN3O2. The highest BCUT2D eigenvalue weighted by Gasteiger charge is 2.10. The molecule has 1 heterocycles. The van der Waals surface area contributed by atoms with E-state index in [4.69, 9.17) is 10.5 Å². The normalized spacial score (nSPS) is 16.9. The molecule has 5 nitrogen and oxygen atoms in total. The van der Waals surface area contributed by atoms with Gasteiger partial charge in [0, 0.05) is 25.3 Å². The van der Waals surface area contributed by atoms with Crippen molar-refractivity contribution in [3.05, 3.63) is 29.8 Å². The highest BCUT2D eigenvalue weighted by atomic mass is 35.5. The van der Waals surface area contributed by atoms with Gasteiger partial charge in [-0.15, -0.1) is 12.4 Å². The van der Waals surface area contributed by atoms with Crippen molar-refractivity contribution >= 4 is 24.0 Å². The summed E-state index contributed by atoms with van der Waals surface area (Å²) in [6.45, 7) is 6.43. The number of nitrogens with one attached hydrogen (secondary N) is 1. The second-order valence-electron chi connectivity index (χ2n) is 5.18. The van der Waals surface area contributed by atoms with Crippen molar-refractivity contribution in [1.29, 1.82) is 0 Å². The van der Waals surface area contributed by atoms with E-state index in [2.05, 4.69) is 22.3 Å². The first kappa shape index (κ1) is 17.9. The van der Waals surface area contributed by atoms with Gasteiger partial charge in [0.2, 0.25) is 5.91 Å².